The van der Waals surface area contributed by atoms with Crippen molar-refractivity contribution in [3.63, 3.8) is 0 Å². The first-order valence-corrected chi connectivity index (χ1v) is 8.25. The van der Waals surface area contributed by atoms with E-state index < -0.39 is 11.5 Å². The lowest BCUT2D eigenvalue weighted by Crippen LogP contribution is -2.32. The first-order chi connectivity index (χ1) is 11.1. The topological polar surface area (TPSA) is 71.3 Å². The van der Waals surface area contributed by atoms with Crippen LogP contribution in [0.2, 0.25) is 0 Å². The predicted octanol–water partition coefficient (Wildman–Crippen LogP) is 2.94. The number of aryl methyl sites for hydroxylation is 1. The molecule has 5 nitrogen and oxygen atoms in total. The maximum Gasteiger partial charge on any atom is 0.349 e. The van der Waals surface area contributed by atoms with E-state index in [1.165, 1.54) is 5.57 Å². The molecule has 2 aromatic rings. The van der Waals surface area contributed by atoms with Gasteiger partial charge in [0.25, 0.3) is 5.91 Å². The first kappa shape index (κ1) is 18.7. The number of amides is 1. The lowest BCUT2D eigenvalue weighted by Gasteiger charge is -2.15. The van der Waals surface area contributed by atoms with Crippen molar-refractivity contribution < 1.29 is 9.21 Å². The normalized spacial score (nSPS) is 14.0. The van der Waals surface area contributed by atoms with Crippen molar-refractivity contribution in [2.24, 2.45) is 0 Å². The zero-order chi connectivity index (χ0) is 16.4. The van der Waals surface area contributed by atoms with E-state index in [0.717, 1.165) is 29.4 Å². The van der Waals surface area contributed by atoms with E-state index in [1.54, 1.807) is 19.1 Å². The SMILES string of the molecule is Cc1c(C(=O)NCC2=CCNCC2)c(=O)oc2ccc(Br)cc12.Cl. The summed E-state index contributed by atoms with van der Waals surface area (Å²) in [7, 11) is 0. The van der Waals surface area contributed by atoms with Crippen molar-refractivity contribution in [2.75, 3.05) is 19.6 Å². The van der Waals surface area contributed by atoms with Crippen LogP contribution in [-0.2, 0) is 0 Å². The van der Waals surface area contributed by atoms with E-state index >= 15 is 0 Å². The highest BCUT2D eigenvalue weighted by atomic mass is 79.9. The number of carbonyl (C=O) groups is 1. The molecule has 0 bridgehead atoms. The molecule has 1 amide bonds. The fraction of sp³-hybridized carbons (Fsp3) is 0.294. The molecule has 2 N–H and O–H groups in total. The second kappa shape index (κ2) is 7.96. The minimum absolute atomic E-state index is 0. The van der Waals surface area contributed by atoms with Crippen LogP contribution in [0.4, 0.5) is 0 Å². The van der Waals surface area contributed by atoms with Gasteiger partial charge < -0.3 is 15.1 Å². The van der Waals surface area contributed by atoms with Gasteiger partial charge in [-0.05, 0) is 43.7 Å². The van der Waals surface area contributed by atoms with Gasteiger partial charge in [0, 0.05) is 22.9 Å². The molecular formula is C17H18BrClN2O3. The van der Waals surface area contributed by atoms with Gasteiger partial charge in [0.15, 0.2) is 0 Å². The van der Waals surface area contributed by atoms with E-state index in [4.69, 9.17) is 4.42 Å². The van der Waals surface area contributed by atoms with Crippen LogP contribution < -0.4 is 16.3 Å². The van der Waals surface area contributed by atoms with E-state index in [9.17, 15) is 9.59 Å². The van der Waals surface area contributed by atoms with Gasteiger partial charge in [-0.25, -0.2) is 4.79 Å². The van der Waals surface area contributed by atoms with Crippen LogP contribution in [0.25, 0.3) is 11.0 Å². The molecule has 1 aromatic heterocycles. The molecule has 0 saturated heterocycles. The molecule has 0 radical (unpaired) electrons. The molecule has 3 rings (SSSR count). The quantitative estimate of drug-likeness (QED) is 0.599. The monoisotopic (exact) mass is 412 g/mol. The van der Waals surface area contributed by atoms with Crippen molar-refractivity contribution in [3.8, 4) is 0 Å². The molecule has 1 aromatic carbocycles. The number of hydrogen-bond donors (Lipinski definition) is 2. The maximum absolute atomic E-state index is 12.4. The Bertz CT molecular complexity index is 861. The van der Waals surface area contributed by atoms with Crippen LogP contribution in [0.3, 0.4) is 0 Å². The van der Waals surface area contributed by atoms with Gasteiger partial charge in [0.05, 0.1) is 0 Å². The summed E-state index contributed by atoms with van der Waals surface area (Å²) in [6.07, 6.45) is 2.97. The predicted molar refractivity (Wildman–Crippen MR) is 100 cm³/mol. The van der Waals surface area contributed by atoms with Gasteiger partial charge in [0.2, 0.25) is 0 Å². The minimum atomic E-state index is -0.603. The molecule has 0 atom stereocenters. The summed E-state index contributed by atoms with van der Waals surface area (Å²) < 4.78 is 6.15. The molecule has 1 aliphatic heterocycles. The van der Waals surface area contributed by atoms with Crippen molar-refractivity contribution in [3.05, 3.63) is 55.9 Å². The molecule has 0 spiro atoms. The largest absolute Gasteiger partial charge is 0.422 e. The van der Waals surface area contributed by atoms with Gasteiger partial charge in [-0.1, -0.05) is 27.6 Å². The third-order valence-corrected chi connectivity index (χ3v) is 4.48. The Morgan fingerprint density at radius 2 is 2.21 bits per heavy atom. The van der Waals surface area contributed by atoms with Gasteiger partial charge >= 0.3 is 5.63 Å². The number of carbonyl (C=O) groups excluding carboxylic acids is 1. The number of benzene rings is 1. The molecule has 0 fully saturated rings. The van der Waals surface area contributed by atoms with E-state index in [0.29, 0.717) is 17.7 Å². The summed E-state index contributed by atoms with van der Waals surface area (Å²) in [5.41, 5.74) is 1.75. The van der Waals surface area contributed by atoms with E-state index in [2.05, 4.69) is 32.6 Å². The average Bonchev–Trinajstić information content (AvgIpc) is 2.55. The summed E-state index contributed by atoms with van der Waals surface area (Å²) >= 11 is 3.40. The molecule has 7 heteroatoms. The summed E-state index contributed by atoms with van der Waals surface area (Å²) in [6, 6.07) is 5.36. The van der Waals surface area contributed by atoms with Crippen LogP contribution in [0, 0.1) is 6.92 Å². The number of fused-ring (bicyclic) bond motifs is 1. The highest BCUT2D eigenvalue weighted by molar-refractivity contribution is 9.10. The maximum atomic E-state index is 12.4. The molecule has 128 valence electrons. The van der Waals surface area contributed by atoms with Crippen LogP contribution in [0.5, 0.6) is 0 Å². The fourth-order valence-electron chi connectivity index (χ4n) is 2.70. The number of hydrogen-bond acceptors (Lipinski definition) is 4. The summed E-state index contributed by atoms with van der Waals surface area (Å²) in [5.74, 6) is -0.391. The zero-order valence-electron chi connectivity index (χ0n) is 13.1. The smallest absolute Gasteiger partial charge is 0.349 e. The fourth-order valence-corrected chi connectivity index (χ4v) is 3.06. The summed E-state index contributed by atoms with van der Waals surface area (Å²) in [4.78, 5) is 24.6. The van der Waals surface area contributed by atoms with Gasteiger partial charge in [-0.3, -0.25) is 4.79 Å². The Kier molecular flexibility index (Phi) is 6.21. The lowest BCUT2D eigenvalue weighted by molar-refractivity contribution is 0.0952. The van der Waals surface area contributed by atoms with E-state index in [1.807, 2.05) is 6.07 Å². The van der Waals surface area contributed by atoms with Crippen LogP contribution in [0.15, 0.2) is 43.5 Å². The highest BCUT2D eigenvalue weighted by Crippen LogP contribution is 2.23. The summed E-state index contributed by atoms with van der Waals surface area (Å²) in [5, 5.41) is 6.80. The van der Waals surface area contributed by atoms with Crippen LogP contribution in [-0.4, -0.2) is 25.5 Å². The van der Waals surface area contributed by atoms with Crippen LogP contribution >= 0.6 is 28.3 Å². The Morgan fingerprint density at radius 3 is 2.92 bits per heavy atom. The van der Waals surface area contributed by atoms with Gasteiger partial charge in [-0.15, -0.1) is 12.4 Å². The highest BCUT2D eigenvalue weighted by Gasteiger charge is 2.18. The molecule has 24 heavy (non-hydrogen) atoms. The van der Waals surface area contributed by atoms with Gasteiger partial charge in [-0.2, -0.15) is 0 Å². The number of halogens is 2. The number of rotatable bonds is 3. The molecule has 0 saturated carbocycles. The minimum Gasteiger partial charge on any atom is -0.422 e. The van der Waals surface area contributed by atoms with E-state index in [-0.39, 0.29) is 18.0 Å². The first-order valence-electron chi connectivity index (χ1n) is 7.46. The Balaban J connectivity index is 0.00000208. The Hall–Kier alpha value is -1.63. The molecule has 1 aliphatic rings. The molecular weight excluding hydrogens is 396 g/mol. The average molecular weight is 414 g/mol. The van der Waals surface area contributed by atoms with Crippen molar-refractivity contribution in [1.29, 1.82) is 0 Å². The van der Waals surface area contributed by atoms with Crippen molar-refractivity contribution >= 4 is 45.2 Å². The molecule has 2 heterocycles. The van der Waals surface area contributed by atoms with Crippen molar-refractivity contribution in [1.82, 2.24) is 10.6 Å². The van der Waals surface area contributed by atoms with Gasteiger partial charge in [0.1, 0.15) is 11.1 Å². The Morgan fingerprint density at radius 1 is 1.42 bits per heavy atom. The zero-order valence-corrected chi connectivity index (χ0v) is 15.6. The third-order valence-electron chi connectivity index (χ3n) is 3.99. The Labute approximate surface area is 154 Å². The lowest BCUT2D eigenvalue weighted by atomic mass is 10.0. The third kappa shape index (κ3) is 3.88. The summed E-state index contributed by atoms with van der Waals surface area (Å²) in [6.45, 7) is 3.95. The molecule has 0 unspecified atom stereocenters. The van der Waals surface area contributed by atoms with Crippen molar-refractivity contribution in [2.45, 2.75) is 13.3 Å². The number of nitrogens with one attached hydrogen (secondary N) is 2. The standard InChI is InChI=1S/C17H17BrN2O3.ClH/c1-10-13-8-12(18)2-3-14(13)23-17(22)15(10)16(21)20-9-11-4-6-19-7-5-11;/h2-4,8,19H,5-7,9H2,1H3,(H,20,21);1H. The van der Waals surface area contributed by atoms with Crippen LogP contribution in [0.1, 0.15) is 22.3 Å². The second-order valence-electron chi connectivity index (χ2n) is 5.53. The second-order valence-corrected chi connectivity index (χ2v) is 6.44. The molecule has 0 aliphatic carbocycles.